The van der Waals surface area contributed by atoms with Crippen LogP contribution in [0.4, 0.5) is 0 Å². The monoisotopic (exact) mass is 223 g/mol. The van der Waals surface area contributed by atoms with Gasteiger partial charge in [0.15, 0.2) is 0 Å². The minimum Gasteiger partial charge on any atom is -0.396 e. The number of aliphatic hydroxyl groups is 1. The second-order valence-corrected chi connectivity index (χ2v) is 4.15. The number of H-pyrrole nitrogens is 1. The number of carbonyl (C=O) groups is 1. The van der Waals surface area contributed by atoms with Crippen LogP contribution in [0.2, 0.25) is 0 Å². The number of hydrogen-bond donors (Lipinski definition) is 3. The van der Waals surface area contributed by atoms with Gasteiger partial charge in [0.25, 0.3) is 11.5 Å². The zero-order chi connectivity index (χ0) is 11.6. The first-order valence-corrected chi connectivity index (χ1v) is 5.10. The third-order valence-electron chi connectivity index (χ3n) is 2.83. The molecule has 86 valence electrons. The van der Waals surface area contributed by atoms with Gasteiger partial charge >= 0.3 is 0 Å². The molecule has 1 saturated carbocycles. The van der Waals surface area contributed by atoms with Crippen LogP contribution in [0, 0.1) is 5.41 Å². The molecule has 6 nitrogen and oxygen atoms in total. The van der Waals surface area contributed by atoms with Gasteiger partial charge in [0.05, 0.1) is 6.61 Å². The van der Waals surface area contributed by atoms with Crippen molar-refractivity contribution in [1.29, 1.82) is 0 Å². The van der Waals surface area contributed by atoms with Crippen LogP contribution in [0.1, 0.15) is 23.3 Å². The van der Waals surface area contributed by atoms with Gasteiger partial charge in [0.1, 0.15) is 5.69 Å². The third kappa shape index (κ3) is 2.27. The molecule has 0 atom stereocenters. The molecule has 1 fully saturated rings. The highest BCUT2D eigenvalue weighted by atomic mass is 16.3. The Hall–Kier alpha value is -1.69. The van der Waals surface area contributed by atoms with Gasteiger partial charge in [0.2, 0.25) is 0 Å². The highest BCUT2D eigenvalue weighted by Crippen LogP contribution is 2.44. The first-order chi connectivity index (χ1) is 7.65. The zero-order valence-electron chi connectivity index (χ0n) is 8.69. The molecule has 0 aromatic carbocycles. The van der Waals surface area contributed by atoms with Crippen molar-refractivity contribution in [1.82, 2.24) is 15.5 Å². The van der Waals surface area contributed by atoms with Gasteiger partial charge in [-0.2, -0.15) is 5.10 Å². The summed E-state index contributed by atoms with van der Waals surface area (Å²) >= 11 is 0. The van der Waals surface area contributed by atoms with Crippen molar-refractivity contribution in [3.63, 3.8) is 0 Å². The van der Waals surface area contributed by atoms with E-state index in [2.05, 4.69) is 15.5 Å². The Morgan fingerprint density at radius 3 is 2.81 bits per heavy atom. The number of aromatic amines is 1. The van der Waals surface area contributed by atoms with Crippen molar-refractivity contribution >= 4 is 5.91 Å². The Balaban J connectivity index is 1.93. The summed E-state index contributed by atoms with van der Waals surface area (Å²) in [6, 6.07) is 2.62. The van der Waals surface area contributed by atoms with Crippen molar-refractivity contribution < 1.29 is 9.90 Å². The lowest BCUT2D eigenvalue weighted by Crippen LogP contribution is -2.32. The Labute approximate surface area is 91.7 Å². The van der Waals surface area contributed by atoms with Crippen LogP contribution in [0.3, 0.4) is 0 Å². The fourth-order valence-electron chi connectivity index (χ4n) is 1.40. The summed E-state index contributed by atoms with van der Waals surface area (Å²) in [7, 11) is 0. The van der Waals surface area contributed by atoms with Gasteiger partial charge in [-0.15, -0.1) is 0 Å². The SMILES string of the molecule is O=C(NCC1(CO)CC1)c1ccc(=O)[nH]n1. The lowest BCUT2D eigenvalue weighted by atomic mass is 10.1. The molecule has 0 unspecified atom stereocenters. The molecule has 1 aromatic heterocycles. The summed E-state index contributed by atoms with van der Waals surface area (Å²) < 4.78 is 0. The molecule has 0 radical (unpaired) electrons. The molecular formula is C10H13N3O3. The van der Waals surface area contributed by atoms with Crippen LogP contribution in [-0.2, 0) is 0 Å². The molecule has 1 aromatic rings. The lowest BCUT2D eigenvalue weighted by molar-refractivity contribution is 0.0929. The summed E-state index contributed by atoms with van der Waals surface area (Å²) in [6.07, 6.45) is 1.87. The molecule has 2 rings (SSSR count). The van der Waals surface area contributed by atoms with E-state index in [0.29, 0.717) is 6.54 Å². The van der Waals surface area contributed by atoms with Gasteiger partial charge in [0, 0.05) is 18.0 Å². The second-order valence-electron chi connectivity index (χ2n) is 4.15. The maximum atomic E-state index is 11.6. The number of aliphatic hydroxyl groups excluding tert-OH is 1. The van der Waals surface area contributed by atoms with Gasteiger partial charge < -0.3 is 10.4 Å². The Morgan fingerprint density at radius 1 is 1.56 bits per heavy atom. The minimum absolute atomic E-state index is 0.0896. The number of nitrogens with one attached hydrogen (secondary N) is 2. The Bertz CT molecular complexity index is 430. The normalized spacial score (nSPS) is 16.8. The molecule has 0 spiro atoms. The van der Waals surface area contributed by atoms with E-state index in [-0.39, 0.29) is 29.2 Å². The molecule has 0 saturated heterocycles. The largest absolute Gasteiger partial charge is 0.396 e. The van der Waals surface area contributed by atoms with Gasteiger partial charge in [-0.1, -0.05) is 0 Å². The van der Waals surface area contributed by atoms with Gasteiger partial charge in [-0.05, 0) is 18.9 Å². The summed E-state index contributed by atoms with van der Waals surface area (Å²) in [5.41, 5.74) is -0.295. The van der Waals surface area contributed by atoms with Crippen molar-refractivity contribution in [3.8, 4) is 0 Å². The summed E-state index contributed by atoms with van der Waals surface area (Å²) in [5.74, 6) is -0.337. The highest BCUT2D eigenvalue weighted by Gasteiger charge is 2.42. The molecule has 1 amide bonds. The molecule has 0 bridgehead atoms. The van der Waals surface area contributed by atoms with Gasteiger partial charge in [-0.25, -0.2) is 5.10 Å². The Morgan fingerprint density at radius 2 is 2.31 bits per heavy atom. The number of aromatic nitrogens is 2. The van der Waals surface area contributed by atoms with E-state index in [0.717, 1.165) is 12.8 Å². The maximum absolute atomic E-state index is 11.6. The number of amides is 1. The quantitative estimate of drug-likeness (QED) is 0.627. The molecule has 1 aliphatic rings. The molecular weight excluding hydrogens is 210 g/mol. The average Bonchev–Trinajstić information content (AvgIpc) is 3.08. The average molecular weight is 223 g/mol. The predicted octanol–water partition coefficient (Wildman–Crippen LogP) is -0.728. The van der Waals surface area contributed by atoms with Crippen molar-refractivity contribution in [2.24, 2.45) is 5.41 Å². The minimum atomic E-state index is -0.342. The van der Waals surface area contributed by atoms with E-state index in [9.17, 15) is 9.59 Å². The van der Waals surface area contributed by atoms with Crippen molar-refractivity contribution in [2.75, 3.05) is 13.2 Å². The Kier molecular flexibility index (Phi) is 2.74. The number of rotatable bonds is 4. The number of carbonyl (C=O) groups excluding carboxylic acids is 1. The predicted molar refractivity (Wildman–Crippen MR) is 55.9 cm³/mol. The van der Waals surface area contributed by atoms with Crippen LogP contribution in [0.25, 0.3) is 0 Å². The maximum Gasteiger partial charge on any atom is 0.271 e. The van der Waals surface area contributed by atoms with E-state index >= 15 is 0 Å². The second kappa shape index (κ2) is 4.05. The molecule has 1 heterocycles. The van der Waals surface area contributed by atoms with E-state index in [1.165, 1.54) is 12.1 Å². The number of hydrogen-bond acceptors (Lipinski definition) is 4. The molecule has 6 heteroatoms. The van der Waals surface area contributed by atoms with Gasteiger partial charge in [-0.3, -0.25) is 9.59 Å². The van der Waals surface area contributed by atoms with Crippen LogP contribution in [0.15, 0.2) is 16.9 Å². The highest BCUT2D eigenvalue weighted by molar-refractivity contribution is 5.92. The fourth-order valence-corrected chi connectivity index (χ4v) is 1.40. The first kappa shape index (κ1) is 10.8. The molecule has 3 N–H and O–H groups in total. The van der Waals surface area contributed by atoms with Crippen molar-refractivity contribution in [3.05, 3.63) is 28.2 Å². The van der Waals surface area contributed by atoms with Crippen LogP contribution >= 0.6 is 0 Å². The van der Waals surface area contributed by atoms with E-state index in [4.69, 9.17) is 5.11 Å². The van der Waals surface area contributed by atoms with E-state index in [1.807, 2.05) is 0 Å². The molecule has 16 heavy (non-hydrogen) atoms. The lowest BCUT2D eigenvalue weighted by Gasteiger charge is -2.11. The van der Waals surface area contributed by atoms with E-state index < -0.39 is 0 Å². The molecule has 1 aliphatic carbocycles. The smallest absolute Gasteiger partial charge is 0.271 e. The van der Waals surface area contributed by atoms with Crippen LogP contribution < -0.4 is 10.9 Å². The topological polar surface area (TPSA) is 95.1 Å². The standard InChI is InChI=1S/C10H13N3O3/c14-6-10(3-4-10)5-11-9(16)7-1-2-8(15)13-12-7/h1-2,14H,3-6H2,(H,11,16)(H,13,15). The fraction of sp³-hybridized carbons (Fsp3) is 0.500. The first-order valence-electron chi connectivity index (χ1n) is 5.10. The third-order valence-corrected chi connectivity index (χ3v) is 2.83. The summed E-state index contributed by atoms with van der Waals surface area (Å²) in [6.45, 7) is 0.537. The molecule has 0 aliphatic heterocycles. The summed E-state index contributed by atoms with van der Waals surface area (Å²) in [4.78, 5) is 22.3. The van der Waals surface area contributed by atoms with Crippen LogP contribution in [-0.4, -0.2) is 34.4 Å². The van der Waals surface area contributed by atoms with E-state index in [1.54, 1.807) is 0 Å². The zero-order valence-corrected chi connectivity index (χ0v) is 8.69. The number of nitrogens with zero attached hydrogens (tertiary/aromatic N) is 1. The van der Waals surface area contributed by atoms with Crippen LogP contribution in [0.5, 0.6) is 0 Å². The van der Waals surface area contributed by atoms with Crippen molar-refractivity contribution in [2.45, 2.75) is 12.8 Å². The summed E-state index contributed by atoms with van der Waals surface area (Å²) in [5, 5.41) is 17.6.